The van der Waals surface area contributed by atoms with E-state index in [0.29, 0.717) is 37.9 Å². The molecule has 4 saturated carbocycles. The topological polar surface area (TPSA) is 111 Å². The van der Waals surface area contributed by atoms with Crippen molar-refractivity contribution < 1.29 is 33.7 Å². The first kappa shape index (κ1) is 36.8. The van der Waals surface area contributed by atoms with Crippen molar-refractivity contribution in [2.75, 3.05) is 26.3 Å². The summed E-state index contributed by atoms with van der Waals surface area (Å²) in [7, 11) is 0. The van der Waals surface area contributed by atoms with Crippen LogP contribution < -0.4 is 5.32 Å². The van der Waals surface area contributed by atoms with Gasteiger partial charge in [0.25, 0.3) is 0 Å². The van der Waals surface area contributed by atoms with Gasteiger partial charge in [0.2, 0.25) is 0 Å². The Bertz CT molecular complexity index is 1320. The number of esters is 2. The number of ether oxygens (including phenoxy) is 3. The van der Waals surface area contributed by atoms with Gasteiger partial charge in [-0.25, -0.2) is 0 Å². The van der Waals surface area contributed by atoms with Gasteiger partial charge in [-0.15, -0.1) is 0 Å². The Balaban J connectivity index is 1.31. The zero-order chi connectivity index (χ0) is 35.6. The van der Waals surface area contributed by atoms with Crippen LogP contribution in [0.25, 0.3) is 0 Å². The Hall–Kier alpha value is -1.93. The number of aliphatic carboxylic acids is 1. The number of hydrogen-bond acceptors (Lipinski definition) is 7. The first-order valence-electron chi connectivity index (χ1n) is 19.6. The Morgan fingerprint density at radius 2 is 1.67 bits per heavy atom. The molecule has 8 nitrogen and oxygen atoms in total. The monoisotopic (exact) mass is 683 g/mol. The van der Waals surface area contributed by atoms with Crippen LogP contribution in [0.4, 0.5) is 0 Å². The van der Waals surface area contributed by atoms with E-state index in [0.717, 1.165) is 32.2 Å². The number of fused-ring (bicyclic) bond motifs is 3. The molecule has 6 aliphatic rings. The summed E-state index contributed by atoms with van der Waals surface area (Å²) in [6.07, 6.45) is 12.6. The van der Waals surface area contributed by atoms with E-state index < -0.39 is 34.9 Å². The molecule has 49 heavy (non-hydrogen) atoms. The van der Waals surface area contributed by atoms with Crippen molar-refractivity contribution in [1.82, 2.24) is 5.32 Å². The molecule has 0 radical (unpaired) electrons. The largest absolute Gasteiger partial charge is 0.481 e. The molecule has 1 aliphatic heterocycles. The van der Waals surface area contributed by atoms with Crippen molar-refractivity contribution in [3.8, 4) is 0 Å². The SMILES string of the molecule is CC(=O)O[C@@H]1C[C@@]23COC[C@](C)([C@@H]2CC[C@H]2C3=CC[C@@]3(C)[C@H](C(=O)O)[C@@](C)([C@H](C)C(C)C)CC[C@]23C)[C@H]1OC(=O)CNCC1CCCCC1. The van der Waals surface area contributed by atoms with E-state index in [9.17, 15) is 19.5 Å². The van der Waals surface area contributed by atoms with E-state index in [1.807, 2.05) is 0 Å². The highest BCUT2D eigenvalue weighted by molar-refractivity contribution is 5.73. The van der Waals surface area contributed by atoms with E-state index in [1.54, 1.807) is 0 Å². The van der Waals surface area contributed by atoms with Crippen molar-refractivity contribution >= 4 is 17.9 Å². The lowest BCUT2D eigenvalue weighted by atomic mass is 9.34. The Morgan fingerprint density at radius 3 is 2.33 bits per heavy atom. The average Bonchev–Trinajstić information content (AvgIpc) is 3.03. The summed E-state index contributed by atoms with van der Waals surface area (Å²) in [5, 5.41) is 14.3. The summed E-state index contributed by atoms with van der Waals surface area (Å²) >= 11 is 0. The molecule has 1 heterocycles. The van der Waals surface area contributed by atoms with E-state index in [2.05, 4.69) is 59.9 Å². The maximum absolute atomic E-state index is 13.4. The van der Waals surface area contributed by atoms with Crippen LogP contribution in [0.5, 0.6) is 0 Å². The van der Waals surface area contributed by atoms with Gasteiger partial charge in [-0.05, 0) is 104 Å². The Kier molecular flexibility index (Phi) is 9.96. The van der Waals surface area contributed by atoms with E-state index in [4.69, 9.17) is 14.2 Å². The van der Waals surface area contributed by atoms with Gasteiger partial charge < -0.3 is 24.6 Å². The summed E-state index contributed by atoms with van der Waals surface area (Å²) in [6.45, 7) is 19.2. The van der Waals surface area contributed by atoms with Gasteiger partial charge in [-0.3, -0.25) is 14.4 Å². The third-order valence-electron chi connectivity index (χ3n) is 16.1. The molecular formula is C41H65NO7. The average molecular weight is 684 g/mol. The summed E-state index contributed by atoms with van der Waals surface area (Å²) in [4.78, 5) is 39.4. The fraction of sp³-hybridized carbons (Fsp3) is 0.878. The maximum atomic E-state index is 13.4. The molecule has 276 valence electrons. The highest BCUT2D eigenvalue weighted by atomic mass is 16.6. The van der Waals surface area contributed by atoms with Crippen LogP contribution in [-0.4, -0.2) is 61.5 Å². The molecule has 2 bridgehead atoms. The smallest absolute Gasteiger partial charge is 0.320 e. The van der Waals surface area contributed by atoms with Crippen LogP contribution in [0.2, 0.25) is 0 Å². The second kappa shape index (κ2) is 13.2. The third-order valence-corrected chi connectivity index (χ3v) is 16.1. The number of rotatable bonds is 9. The highest BCUT2D eigenvalue weighted by Gasteiger charge is 2.72. The molecule has 0 aromatic rings. The number of carbonyl (C=O) groups excluding carboxylic acids is 2. The fourth-order valence-corrected chi connectivity index (χ4v) is 13.1. The van der Waals surface area contributed by atoms with Crippen LogP contribution >= 0.6 is 0 Å². The first-order valence-corrected chi connectivity index (χ1v) is 19.6. The van der Waals surface area contributed by atoms with Crippen LogP contribution in [0.3, 0.4) is 0 Å². The number of hydrogen-bond donors (Lipinski definition) is 2. The standard InChI is InChI=1S/C41H65NO7/c1-25(2)26(3)37(5)18-19-39(7)29-14-15-32-38(6)23-47-24-41(32,30(29)16-17-40(39,8)34(37)36(45)46)20-31(48-27(4)43)35(38)49-33(44)22-42-21-28-12-10-9-11-13-28/h16,25-26,28-29,31-32,34-35,42H,9-15,17-24H2,1-8H3,(H,45,46)/t26-,29+,31-,32+,34-,35+,37-,38-,39-,40+,41+/m1/s1. The quantitative estimate of drug-likeness (QED) is 0.189. The molecule has 0 unspecified atom stereocenters. The fourth-order valence-electron chi connectivity index (χ4n) is 13.1. The number of nitrogens with one attached hydrogen (secondary N) is 1. The molecule has 6 rings (SSSR count). The predicted molar refractivity (Wildman–Crippen MR) is 188 cm³/mol. The number of carboxylic acid groups (broad SMARTS) is 1. The van der Waals surface area contributed by atoms with Crippen molar-refractivity contribution in [2.45, 2.75) is 138 Å². The minimum Gasteiger partial charge on any atom is -0.481 e. The Morgan fingerprint density at radius 1 is 0.959 bits per heavy atom. The third kappa shape index (κ3) is 5.81. The molecule has 0 aromatic carbocycles. The molecule has 11 atom stereocenters. The zero-order valence-corrected chi connectivity index (χ0v) is 31.7. The van der Waals surface area contributed by atoms with Gasteiger partial charge in [0.1, 0.15) is 12.2 Å². The highest BCUT2D eigenvalue weighted by Crippen LogP contribution is 2.75. The minimum atomic E-state index is -0.661. The van der Waals surface area contributed by atoms with Gasteiger partial charge in [-0.2, -0.15) is 0 Å². The van der Waals surface area contributed by atoms with Gasteiger partial charge >= 0.3 is 17.9 Å². The molecule has 8 heteroatoms. The van der Waals surface area contributed by atoms with E-state index in [-0.39, 0.29) is 52.5 Å². The van der Waals surface area contributed by atoms with Crippen molar-refractivity contribution in [3.63, 3.8) is 0 Å². The molecule has 5 fully saturated rings. The van der Waals surface area contributed by atoms with Crippen LogP contribution in [0.1, 0.15) is 126 Å². The normalized spacial score (nSPS) is 44.1. The zero-order valence-electron chi connectivity index (χ0n) is 31.7. The Labute approximate surface area is 295 Å². The molecular weight excluding hydrogens is 618 g/mol. The van der Waals surface area contributed by atoms with Gasteiger partial charge in [0.15, 0.2) is 0 Å². The maximum Gasteiger partial charge on any atom is 0.320 e. The molecule has 2 N–H and O–H groups in total. The van der Waals surface area contributed by atoms with Gasteiger partial charge in [0, 0.05) is 17.8 Å². The van der Waals surface area contributed by atoms with Gasteiger partial charge in [-0.1, -0.05) is 79.4 Å². The van der Waals surface area contributed by atoms with E-state index >= 15 is 0 Å². The lowest BCUT2D eigenvalue weighted by Gasteiger charge is -2.71. The second-order valence-electron chi connectivity index (χ2n) is 18.7. The van der Waals surface area contributed by atoms with Crippen molar-refractivity contribution in [2.24, 2.45) is 62.6 Å². The lowest BCUT2D eigenvalue weighted by molar-refractivity contribution is -0.262. The molecule has 0 aromatic heterocycles. The van der Waals surface area contributed by atoms with Crippen LogP contribution in [0, 0.1) is 62.6 Å². The number of carboxylic acids is 1. The summed E-state index contributed by atoms with van der Waals surface area (Å²) in [6, 6.07) is 0. The van der Waals surface area contributed by atoms with Gasteiger partial charge in [0.05, 0.1) is 25.7 Å². The van der Waals surface area contributed by atoms with Crippen molar-refractivity contribution in [3.05, 3.63) is 11.6 Å². The number of allylic oxidation sites excluding steroid dienone is 1. The summed E-state index contributed by atoms with van der Waals surface area (Å²) < 4.78 is 19.0. The molecule has 0 amide bonds. The first-order chi connectivity index (χ1) is 23.0. The lowest BCUT2D eigenvalue weighted by Crippen LogP contribution is -2.70. The molecule has 5 aliphatic carbocycles. The van der Waals surface area contributed by atoms with E-state index in [1.165, 1.54) is 44.6 Å². The summed E-state index contributed by atoms with van der Waals surface area (Å²) in [5.74, 6) is -0.0588. The number of carbonyl (C=O) groups is 3. The van der Waals surface area contributed by atoms with Crippen LogP contribution in [-0.2, 0) is 28.6 Å². The second-order valence-corrected chi connectivity index (χ2v) is 18.7. The summed E-state index contributed by atoms with van der Waals surface area (Å²) in [5.41, 5.74) is -0.394. The predicted octanol–water partition coefficient (Wildman–Crippen LogP) is 7.59. The molecule has 1 saturated heterocycles. The van der Waals surface area contributed by atoms with Crippen molar-refractivity contribution in [1.29, 1.82) is 0 Å². The minimum absolute atomic E-state index is 0.149. The van der Waals surface area contributed by atoms with Crippen LogP contribution in [0.15, 0.2) is 11.6 Å². The molecule has 0 spiro atoms.